The first kappa shape index (κ1) is 17.9. The van der Waals surface area contributed by atoms with Crippen LogP contribution in [0.1, 0.15) is 19.4 Å². The Morgan fingerprint density at radius 2 is 1.95 bits per heavy atom. The number of methoxy groups -OCH3 is 1. The molecule has 0 N–H and O–H groups in total. The summed E-state index contributed by atoms with van der Waals surface area (Å²) >= 11 is 5.75. The van der Waals surface area contributed by atoms with E-state index >= 15 is 0 Å². The lowest BCUT2D eigenvalue weighted by atomic mass is 10.1. The van der Waals surface area contributed by atoms with E-state index in [0.29, 0.717) is 4.67 Å². The molecule has 0 aliphatic heterocycles. The average molecular weight is 357 g/mol. The molecule has 0 saturated carbocycles. The Balaban J connectivity index is 0.00000106. The minimum absolute atomic E-state index is 0.145. The molecule has 0 radical (unpaired) electrons. The zero-order chi connectivity index (χ0) is 16.0. The molecule has 0 spiro atoms. The van der Waals surface area contributed by atoms with Gasteiger partial charge in [0.2, 0.25) is 0 Å². The van der Waals surface area contributed by atoms with E-state index in [2.05, 4.69) is 9.37 Å². The predicted octanol–water partition coefficient (Wildman–Crippen LogP) is 5.14. The van der Waals surface area contributed by atoms with Crippen LogP contribution in [0.25, 0.3) is 0 Å². The van der Waals surface area contributed by atoms with Crippen LogP contribution in [0.4, 0.5) is 18.9 Å². The Morgan fingerprint density at radius 1 is 1.29 bits per heavy atom. The first-order valence-electron chi connectivity index (χ1n) is 5.83. The number of nitrogens with zero attached hydrogens (tertiary/aromatic N) is 2. The number of benzene rings is 1. The fraction of sp³-hybridized carbons (Fsp3) is 0.333. The smallest absolute Gasteiger partial charge is 0.420 e. The van der Waals surface area contributed by atoms with Gasteiger partial charge in [0.05, 0.1) is 18.4 Å². The Bertz CT molecular complexity index is 652. The lowest BCUT2D eigenvalue weighted by Crippen LogP contribution is -2.07. The number of halogens is 4. The van der Waals surface area contributed by atoms with Crippen molar-refractivity contribution in [1.29, 1.82) is 0 Å². The van der Waals surface area contributed by atoms with Crippen LogP contribution in [-0.2, 0) is 6.18 Å². The number of hydrogen-bond acceptors (Lipinski definition) is 5. The summed E-state index contributed by atoms with van der Waals surface area (Å²) in [5.74, 6) is -0.246. The summed E-state index contributed by atoms with van der Waals surface area (Å²) in [6.07, 6.45) is -4.50. The van der Waals surface area contributed by atoms with E-state index in [0.717, 1.165) is 16.6 Å². The van der Waals surface area contributed by atoms with E-state index in [9.17, 15) is 13.2 Å². The largest absolute Gasteiger partial charge is 0.496 e. The van der Waals surface area contributed by atoms with Crippen molar-refractivity contribution in [2.45, 2.75) is 20.0 Å². The van der Waals surface area contributed by atoms with E-state index in [1.54, 1.807) is 0 Å². The van der Waals surface area contributed by atoms with Gasteiger partial charge < -0.3 is 4.74 Å². The van der Waals surface area contributed by atoms with E-state index in [4.69, 9.17) is 16.3 Å². The van der Waals surface area contributed by atoms with Gasteiger partial charge >= 0.3 is 6.18 Å². The zero-order valence-electron chi connectivity index (χ0n) is 11.4. The highest BCUT2D eigenvalue weighted by atomic mass is 35.5. The van der Waals surface area contributed by atoms with Gasteiger partial charge in [-0.2, -0.15) is 17.5 Å². The highest BCUT2D eigenvalue weighted by molar-refractivity contribution is 7.66. The van der Waals surface area contributed by atoms with Gasteiger partial charge in [-0.25, -0.2) is 4.99 Å². The molecule has 0 aliphatic carbocycles. The predicted molar refractivity (Wildman–Crippen MR) is 79.6 cm³/mol. The van der Waals surface area contributed by atoms with Crippen molar-refractivity contribution in [2.24, 2.45) is 4.99 Å². The van der Waals surface area contributed by atoms with Gasteiger partial charge in [0, 0.05) is 10.5 Å². The molecule has 3 nitrogen and oxygen atoms in total. The van der Waals surface area contributed by atoms with E-state index < -0.39 is 11.7 Å². The summed E-state index contributed by atoms with van der Waals surface area (Å²) in [5, 5.41) is 0.180. The van der Waals surface area contributed by atoms with Crippen molar-refractivity contribution in [3.05, 3.63) is 33.6 Å². The van der Waals surface area contributed by atoms with Crippen molar-refractivity contribution < 1.29 is 17.9 Å². The fourth-order valence-electron chi connectivity index (χ4n) is 1.33. The van der Waals surface area contributed by atoms with E-state index in [1.807, 2.05) is 13.8 Å². The Labute approximate surface area is 132 Å². The molecule has 0 amide bonds. The fourth-order valence-corrected chi connectivity index (χ4v) is 3.32. The Kier molecular flexibility index (Phi) is 6.63. The van der Waals surface area contributed by atoms with Crippen molar-refractivity contribution in [3.63, 3.8) is 0 Å². The van der Waals surface area contributed by atoms with Gasteiger partial charge in [-0.1, -0.05) is 25.4 Å². The minimum atomic E-state index is -4.50. The minimum Gasteiger partial charge on any atom is -0.496 e. The van der Waals surface area contributed by atoms with Crippen LogP contribution in [0.5, 0.6) is 5.75 Å². The van der Waals surface area contributed by atoms with E-state index in [-0.39, 0.29) is 16.6 Å². The van der Waals surface area contributed by atoms with Crippen molar-refractivity contribution in [1.82, 2.24) is 4.37 Å². The first-order chi connectivity index (χ1) is 9.91. The number of hydrogen-bond donors (Lipinski definition) is 0. The van der Waals surface area contributed by atoms with Gasteiger partial charge in [-0.15, -0.1) is 0 Å². The summed E-state index contributed by atoms with van der Waals surface area (Å²) < 4.78 is 47.3. The number of rotatable bonds is 2. The molecule has 116 valence electrons. The molecule has 0 atom stereocenters. The molecule has 21 heavy (non-hydrogen) atoms. The average Bonchev–Trinajstić information content (AvgIpc) is 2.85. The molecular weight excluding hydrogens is 345 g/mol. The molecule has 0 fully saturated rings. The Hall–Kier alpha value is -1.12. The summed E-state index contributed by atoms with van der Waals surface area (Å²) in [6, 6.07) is 3.56. The monoisotopic (exact) mass is 356 g/mol. The Morgan fingerprint density at radius 3 is 2.43 bits per heavy atom. The summed E-state index contributed by atoms with van der Waals surface area (Å²) in [6.45, 7) is 4.00. The topological polar surface area (TPSA) is 34.5 Å². The normalized spacial score (nSPS) is 11.9. The number of ether oxygens (including phenoxy) is 1. The van der Waals surface area contributed by atoms with Gasteiger partial charge in [-0.05, 0) is 28.5 Å². The molecule has 1 aromatic heterocycles. The molecule has 1 aromatic carbocycles. The SMILES string of the molecule is CC.COc1ccc(N=c2ssnc2Cl)cc1C(F)(F)F. The third-order valence-electron chi connectivity index (χ3n) is 2.13. The maximum Gasteiger partial charge on any atom is 0.420 e. The van der Waals surface area contributed by atoms with Crippen molar-refractivity contribution in [2.75, 3.05) is 7.11 Å². The summed E-state index contributed by atoms with van der Waals surface area (Å²) in [5.41, 5.74) is -0.730. The number of alkyl halides is 3. The molecular formula is C12H12ClF3N2OS2. The number of aromatic nitrogens is 1. The second kappa shape index (κ2) is 7.77. The van der Waals surface area contributed by atoms with Gasteiger partial charge in [0.1, 0.15) is 5.75 Å². The molecule has 2 rings (SSSR count). The third kappa shape index (κ3) is 4.69. The van der Waals surface area contributed by atoms with Crippen molar-refractivity contribution in [3.8, 4) is 5.75 Å². The summed E-state index contributed by atoms with van der Waals surface area (Å²) in [7, 11) is 3.49. The maximum absolute atomic E-state index is 12.8. The lowest BCUT2D eigenvalue weighted by molar-refractivity contribution is -0.138. The molecule has 0 unspecified atom stereocenters. The van der Waals surface area contributed by atoms with Gasteiger partial charge in [-0.3, -0.25) is 0 Å². The van der Waals surface area contributed by atoms with Crippen LogP contribution >= 0.6 is 32.5 Å². The molecule has 0 bridgehead atoms. The van der Waals surface area contributed by atoms with Crippen LogP contribution in [0, 0.1) is 0 Å². The first-order valence-corrected chi connectivity index (χ1v) is 8.32. The molecule has 2 aromatic rings. The summed E-state index contributed by atoms with van der Waals surface area (Å²) in [4.78, 5) is 4.03. The molecule has 9 heteroatoms. The van der Waals surface area contributed by atoms with Crippen molar-refractivity contribution >= 4 is 38.2 Å². The van der Waals surface area contributed by atoms with Crippen LogP contribution in [0.15, 0.2) is 23.2 Å². The third-order valence-corrected chi connectivity index (χ3v) is 4.30. The molecule has 1 heterocycles. The van der Waals surface area contributed by atoms with Crippen LogP contribution in [0.3, 0.4) is 0 Å². The standard InChI is InChI=1S/C10H6ClF3N2OS2.C2H6/c1-17-7-3-2-5(4-6(7)10(12,13)14)15-9-8(11)16-19-18-9;1-2/h2-4H,1H3;1-2H3. The second-order valence-electron chi connectivity index (χ2n) is 3.34. The molecule has 0 saturated heterocycles. The zero-order valence-corrected chi connectivity index (χ0v) is 13.8. The van der Waals surface area contributed by atoms with Crippen LogP contribution in [-0.4, -0.2) is 11.5 Å². The quantitative estimate of drug-likeness (QED) is 0.698. The second-order valence-corrected chi connectivity index (χ2v) is 5.53. The van der Waals surface area contributed by atoms with Crippen LogP contribution in [0.2, 0.25) is 5.15 Å². The van der Waals surface area contributed by atoms with Crippen LogP contribution < -0.4 is 9.41 Å². The van der Waals surface area contributed by atoms with E-state index in [1.165, 1.54) is 29.6 Å². The lowest BCUT2D eigenvalue weighted by Gasteiger charge is -2.11. The molecule has 0 aliphatic rings. The highest BCUT2D eigenvalue weighted by Crippen LogP contribution is 2.38. The highest BCUT2D eigenvalue weighted by Gasteiger charge is 2.34. The van der Waals surface area contributed by atoms with Gasteiger partial charge in [0.15, 0.2) is 9.82 Å². The van der Waals surface area contributed by atoms with Gasteiger partial charge in [0.25, 0.3) is 0 Å². The maximum atomic E-state index is 12.8.